The molecule has 1 atom stereocenters. The molecular weight excluding hydrogens is 166 g/mol. The number of rotatable bonds is 4. The Morgan fingerprint density at radius 3 is 3.00 bits per heavy atom. The van der Waals surface area contributed by atoms with Crippen molar-refractivity contribution in [2.75, 3.05) is 6.61 Å². The first-order valence-corrected chi connectivity index (χ1v) is 4.46. The zero-order valence-electron chi connectivity index (χ0n) is 8.03. The van der Waals surface area contributed by atoms with Gasteiger partial charge in [0.05, 0.1) is 6.10 Å². The van der Waals surface area contributed by atoms with E-state index in [-0.39, 0.29) is 6.10 Å². The van der Waals surface area contributed by atoms with Crippen LogP contribution in [0.4, 0.5) is 0 Å². The minimum absolute atomic E-state index is 0.347. The molecule has 0 bridgehead atoms. The van der Waals surface area contributed by atoms with Crippen LogP contribution in [0.2, 0.25) is 0 Å². The van der Waals surface area contributed by atoms with Gasteiger partial charge in [0.15, 0.2) is 0 Å². The van der Waals surface area contributed by atoms with Gasteiger partial charge in [-0.3, -0.25) is 4.98 Å². The SMILES string of the molecule is CCC(O)COc1ccnc(C)c1. The fraction of sp³-hybridized carbons (Fsp3) is 0.500. The average molecular weight is 181 g/mol. The molecule has 1 aromatic rings. The van der Waals surface area contributed by atoms with Gasteiger partial charge in [-0.05, 0) is 19.4 Å². The van der Waals surface area contributed by atoms with E-state index in [1.165, 1.54) is 0 Å². The number of hydrogen-bond acceptors (Lipinski definition) is 3. The Morgan fingerprint density at radius 2 is 2.38 bits per heavy atom. The van der Waals surface area contributed by atoms with Gasteiger partial charge >= 0.3 is 0 Å². The average Bonchev–Trinajstić information content (AvgIpc) is 2.14. The monoisotopic (exact) mass is 181 g/mol. The lowest BCUT2D eigenvalue weighted by Gasteiger charge is -2.09. The van der Waals surface area contributed by atoms with Gasteiger partial charge in [0.1, 0.15) is 12.4 Å². The van der Waals surface area contributed by atoms with E-state index >= 15 is 0 Å². The predicted octanol–water partition coefficient (Wildman–Crippen LogP) is 1.54. The highest BCUT2D eigenvalue weighted by atomic mass is 16.5. The van der Waals surface area contributed by atoms with Crippen LogP contribution >= 0.6 is 0 Å². The molecule has 0 aliphatic carbocycles. The Hall–Kier alpha value is -1.09. The van der Waals surface area contributed by atoms with Gasteiger partial charge in [0.2, 0.25) is 0 Å². The molecule has 3 nitrogen and oxygen atoms in total. The van der Waals surface area contributed by atoms with Crippen molar-refractivity contribution in [3.8, 4) is 5.75 Å². The third-order valence-electron chi connectivity index (χ3n) is 1.78. The van der Waals surface area contributed by atoms with Crippen LogP contribution in [-0.2, 0) is 0 Å². The highest BCUT2D eigenvalue weighted by Gasteiger charge is 2.01. The van der Waals surface area contributed by atoms with Crippen LogP contribution in [0.3, 0.4) is 0 Å². The molecule has 13 heavy (non-hydrogen) atoms. The van der Waals surface area contributed by atoms with Crippen LogP contribution in [-0.4, -0.2) is 22.8 Å². The zero-order chi connectivity index (χ0) is 9.68. The number of pyridine rings is 1. The lowest BCUT2D eigenvalue weighted by atomic mass is 10.3. The lowest BCUT2D eigenvalue weighted by Crippen LogP contribution is -2.15. The minimum Gasteiger partial charge on any atom is -0.491 e. The van der Waals surface area contributed by atoms with Gasteiger partial charge in [-0.15, -0.1) is 0 Å². The number of hydrogen-bond donors (Lipinski definition) is 1. The van der Waals surface area contributed by atoms with Crippen molar-refractivity contribution in [2.24, 2.45) is 0 Å². The first-order chi connectivity index (χ1) is 6.22. The minimum atomic E-state index is -0.381. The van der Waals surface area contributed by atoms with Gasteiger partial charge in [-0.25, -0.2) is 0 Å². The zero-order valence-corrected chi connectivity index (χ0v) is 8.03. The molecule has 0 fully saturated rings. The molecule has 72 valence electrons. The molecule has 1 unspecified atom stereocenters. The van der Waals surface area contributed by atoms with Gasteiger partial charge in [0.25, 0.3) is 0 Å². The van der Waals surface area contributed by atoms with Crippen LogP contribution in [0, 0.1) is 6.92 Å². The number of aliphatic hydroxyl groups is 1. The number of aryl methyl sites for hydroxylation is 1. The van der Waals surface area contributed by atoms with Crippen LogP contribution in [0.15, 0.2) is 18.3 Å². The van der Waals surface area contributed by atoms with E-state index in [0.717, 1.165) is 11.4 Å². The molecule has 0 saturated heterocycles. The molecule has 1 heterocycles. The first kappa shape index (κ1) is 9.99. The molecule has 0 aliphatic rings. The Bertz CT molecular complexity index is 263. The third-order valence-corrected chi connectivity index (χ3v) is 1.78. The highest BCUT2D eigenvalue weighted by Crippen LogP contribution is 2.10. The van der Waals surface area contributed by atoms with E-state index in [0.29, 0.717) is 13.0 Å². The molecule has 0 amide bonds. The maximum atomic E-state index is 9.25. The Morgan fingerprint density at radius 1 is 1.62 bits per heavy atom. The van der Waals surface area contributed by atoms with E-state index in [9.17, 15) is 5.11 Å². The predicted molar refractivity (Wildman–Crippen MR) is 50.8 cm³/mol. The number of aliphatic hydroxyl groups excluding tert-OH is 1. The van der Waals surface area contributed by atoms with Gasteiger partial charge in [-0.1, -0.05) is 6.92 Å². The third kappa shape index (κ3) is 3.42. The van der Waals surface area contributed by atoms with E-state index in [4.69, 9.17) is 4.74 Å². The molecule has 1 aromatic heterocycles. The van der Waals surface area contributed by atoms with Crippen LogP contribution < -0.4 is 4.74 Å². The first-order valence-electron chi connectivity index (χ1n) is 4.46. The summed E-state index contributed by atoms with van der Waals surface area (Å²) in [5, 5.41) is 9.25. The second kappa shape index (κ2) is 4.82. The summed E-state index contributed by atoms with van der Waals surface area (Å²) in [4.78, 5) is 4.04. The summed E-state index contributed by atoms with van der Waals surface area (Å²) in [5.74, 6) is 0.764. The molecule has 0 aliphatic heterocycles. The molecule has 0 radical (unpaired) electrons. The van der Waals surface area contributed by atoms with Crippen LogP contribution in [0.25, 0.3) is 0 Å². The summed E-state index contributed by atoms with van der Waals surface area (Å²) in [6.07, 6.45) is 2.03. The lowest BCUT2D eigenvalue weighted by molar-refractivity contribution is 0.104. The standard InChI is InChI=1S/C10H15NO2/c1-3-9(12)7-13-10-4-5-11-8(2)6-10/h4-6,9,12H,3,7H2,1-2H3. The summed E-state index contributed by atoms with van der Waals surface area (Å²) < 4.78 is 5.35. The van der Waals surface area contributed by atoms with E-state index in [2.05, 4.69) is 4.98 Å². The molecule has 0 spiro atoms. The number of ether oxygens (including phenoxy) is 1. The molecule has 0 aromatic carbocycles. The topological polar surface area (TPSA) is 42.4 Å². The molecule has 3 heteroatoms. The van der Waals surface area contributed by atoms with Crippen LogP contribution in [0.1, 0.15) is 19.0 Å². The van der Waals surface area contributed by atoms with Crippen molar-refractivity contribution in [2.45, 2.75) is 26.4 Å². The number of nitrogens with zero attached hydrogens (tertiary/aromatic N) is 1. The van der Waals surface area contributed by atoms with E-state index in [1.54, 1.807) is 12.3 Å². The highest BCUT2D eigenvalue weighted by molar-refractivity contribution is 5.21. The number of aromatic nitrogens is 1. The van der Waals surface area contributed by atoms with Crippen LogP contribution in [0.5, 0.6) is 5.75 Å². The molecule has 1 rings (SSSR count). The van der Waals surface area contributed by atoms with Gasteiger partial charge in [-0.2, -0.15) is 0 Å². The van der Waals surface area contributed by atoms with Gasteiger partial charge in [0, 0.05) is 18.0 Å². The second-order valence-electron chi connectivity index (χ2n) is 3.01. The van der Waals surface area contributed by atoms with Gasteiger partial charge < -0.3 is 9.84 Å². The molecule has 0 saturated carbocycles. The Labute approximate surface area is 78.4 Å². The van der Waals surface area contributed by atoms with Crippen molar-refractivity contribution in [3.05, 3.63) is 24.0 Å². The van der Waals surface area contributed by atoms with Crippen molar-refractivity contribution < 1.29 is 9.84 Å². The molecular formula is C10H15NO2. The van der Waals surface area contributed by atoms with Crippen molar-refractivity contribution in [1.29, 1.82) is 0 Å². The normalized spacial score (nSPS) is 12.5. The van der Waals surface area contributed by atoms with E-state index in [1.807, 2.05) is 19.9 Å². The van der Waals surface area contributed by atoms with E-state index < -0.39 is 0 Å². The largest absolute Gasteiger partial charge is 0.491 e. The summed E-state index contributed by atoms with van der Waals surface area (Å²) in [6, 6.07) is 3.64. The van der Waals surface area contributed by atoms with Crippen molar-refractivity contribution >= 4 is 0 Å². The van der Waals surface area contributed by atoms with Crippen molar-refractivity contribution in [1.82, 2.24) is 4.98 Å². The second-order valence-corrected chi connectivity index (χ2v) is 3.01. The smallest absolute Gasteiger partial charge is 0.122 e. The quantitative estimate of drug-likeness (QED) is 0.766. The summed E-state index contributed by atoms with van der Waals surface area (Å²) in [5.41, 5.74) is 0.920. The fourth-order valence-corrected chi connectivity index (χ4v) is 0.920. The van der Waals surface area contributed by atoms with Crippen molar-refractivity contribution in [3.63, 3.8) is 0 Å². The summed E-state index contributed by atoms with van der Waals surface area (Å²) in [6.45, 7) is 4.18. The fourth-order valence-electron chi connectivity index (χ4n) is 0.920. The maximum Gasteiger partial charge on any atom is 0.122 e. The summed E-state index contributed by atoms with van der Waals surface area (Å²) in [7, 11) is 0. The maximum absolute atomic E-state index is 9.25. The molecule has 1 N–H and O–H groups in total. The Balaban J connectivity index is 2.45. The Kier molecular flexibility index (Phi) is 3.71. The summed E-state index contributed by atoms with van der Waals surface area (Å²) >= 11 is 0.